The van der Waals surface area contributed by atoms with E-state index < -0.39 is 34.0 Å². The fourth-order valence-electron chi connectivity index (χ4n) is 1.09. The molecule has 0 aliphatic rings. The number of sulfonamides is 1. The average Bonchev–Trinajstić information content (AvgIpc) is 2.34. The van der Waals surface area contributed by atoms with Gasteiger partial charge < -0.3 is 10.8 Å². The van der Waals surface area contributed by atoms with E-state index in [1.165, 1.54) is 6.07 Å². The maximum absolute atomic E-state index is 12.8. The summed E-state index contributed by atoms with van der Waals surface area (Å²) in [6, 6.07) is 2.22. The van der Waals surface area contributed by atoms with Crippen molar-refractivity contribution < 1.29 is 22.3 Å². The number of alkyl halides is 2. The van der Waals surface area contributed by atoms with Gasteiger partial charge in [0.2, 0.25) is 10.0 Å². The van der Waals surface area contributed by atoms with Crippen molar-refractivity contribution in [3.05, 3.63) is 22.2 Å². The molecule has 0 aliphatic carbocycles. The van der Waals surface area contributed by atoms with E-state index in [0.29, 0.717) is 0 Å². The molecule has 0 radical (unpaired) electrons. The standard InChI is InChI=1S/C9H10Cl2F2N2O3S/c10-5-1-2-6(7(11)8(5)14)19(17,18)15-3-9(12,13)4-16/h1-2,15-16H,3-4,14H2. The zero-order valence-corrected chi connectivity index (χ0v) is 11.7. The number of benzene rings is 1. The van der Waals surface area contributed by atoms with E-state index in [9.17, 15) is 17.2 Å². The second-order valence-electron chi connectivity index (χ2n) is 3.61. The van der Waals surface area contributed by atoms with Crippen molar-refractivity contribution in [2.75, 3.05) is 18.9 Å². The predicted molar refractivity (Wildman–Crippen MR) is 68.1 cm³/mol. The van der Waals surface area contributed by atoms with Crippen molar-refractivity contribution in [1.29, 1.82) is 0 Å². The number of hydrogen-bond acceptors (Lipinski definition) is 4. The van der Waals surface area contributed by atoms with Crippen molar-refractivity contribution >= 4 is 38.9 Å². The molecule has 1 aromatic rings. The predicted octanol–water partition coefficient (Wildman–Crippen LogP) is 1.48. The Morgan fingerprint density at radius 1 is 1.37 bits per heavy atom. The van der Waals surface area contributed by atoms with Gasteiger partial charge in [-0.2, -0.15) is 0 Å². The van der Waals surface area contributed by atoms with Crippen LogP contribution in [0.25, 0.3) is 0 Å². The molecule has 5 nitrogen and oxygen atoms in total. The average molecular weight is 335 g/mol. The summed E-state index contributed by atoms with van der Waals surface area (Å²) in [6.07, 6.45) is 0. The molecular formula is C9H10Cl2F2N2O3S. The lowest BCUT2D eigenvalue weighted by atomic mass is 10.3. The Kier molecular flexibility index (Phi) is 4.97. The lowest BCUT2D eigenvalue weighted by Gasteiger charge is -2.15. The van der Waals surface area contributed by atoms with Gasteiger partial charge in [0.05, 0.1) is 22.3 Å². The molecule has 19 heavy (non-hydrogen) atoms. The smallest absolute Gasteiger partial charge is 0.283 e. The van der Waals surface area contributed by atoms with E-state index >= 15 is 0 Å². The van der Waals surface area contributed by atoms with E-state index in [2.05, 4.69) is 0 Å². The van der Waals surface area contributed by atoms with Crippen LogP contribution in [0.15, 0.2) is 17.0 Å². The Hall–Kier alpha value is -0.670. The SMILES string of the molecule is Nc1c(Cl)ccc(S(=O)(=O)NCC(F)(F)CO)c1Cl. The van der Waals surface area contributed by atoms with E-state index in [4.69, 9.17) is 34.0 Å². The molecule has 10 heteroatoms. The Morgan fingerprint density at radius 2 is 1.95 bits per heavy atom. The van der Waals surface area contributed by atoms with Crippen molar-refractivity contribution in [2.24, 2.45) is 0 Å². The Morgan fingerprint density at radius 3 is 2.47 bits per heavy atom. The second-order valence-corrected chi connectivity index (χ2v) is 6.13. The second kappa shape index (κ2) is 5.76. The molecule has 0 spiro atoms. The zero-order chi connectivity index (χ0) is 14.8. The third-order valence-corrected chi connectivity index (χ3v) is 4.43. The molecular weight excluding hydrogens is 325 g/mol. The molecule has 0 aromatic heterocycles. The van der Waals surface area contributed by atoms with Crippen LogP contribution in [0.5, 0.6) is 0 Å². The maximum Gasteiger partial charge on any atom is 0.283 e. The quantitative estimate of drug-likeness (QED) is 0.711. The first kappa shape index (κ1) is 16.4. The highest BCUT2D eigenvalue weighted by Gasteiger charge is 2.31. The number of aliphatic hydroxyl groups is 1. The van der Waals surface area contributed by atoms with Crippen LogP contribution in [0, 0.1) is 0 Å². The Balaban J connectivity index is 3.06. The van der Waals surface area contributed by atoms with Gasteiger partial charge in [0, 0.05) is 0 Å². The van der Waals surface area contributed by atoms with Crippen molar-refractivity contribution in [1.82, 2.24) is 4.72 Å². The normalized spacial score (nSPS) is 12.7. The van der Waals surface area contributed by atoms with Crippen LogP contribution in [0.1, 0.15) is 0 Å². The highest BCUT2D eigenvalue weighted by molar-refractivity contribution is 7.89. The van der Waals surface area contributed by atoms with Crippen LogP contribution in [0.4, 0.5) is 14.5 Å². The van der Waals surface area contributed by atoms with Crippen LogP contribution in [-0.4, -0.2) is 32.6 Å². The van der Waals surface area contributed by atoms with Crippen molar-refractivity contribution in [3.8, 4) is 0 Å². The largest absolute Gasteiger partial charge is 0.396 e. The number of rotatable bonds is 5. The maximum atomic E-state index is 12.8. The molecule has 0 unspecified atom stereocenters. The number of nitrogens with one attached hydrogen (secondary N) is 1. The number of nitrogens with two attached hydrogens (primary N) is 1. The molecule has 1 rings (SSSR count). The lowest BCUT2D eigenvalue weighted by molar-refractivity contribution is -0.0437. The van der Waals surface area contributed by atoms with Gasteiger partial charge in [0.15, 0.2) is 0 Å². The lowest BCUT2D eigenvalue weighted by Crippen LogP contribution is -2.39. The number of nitrogen functional groups attached to an aromatic ring is 1. The topological polar surface area (TPSA) is 92.4 Å². The number of halogens is 4. The summed E-state index contributed by atoms with van der Waals surface area (Å²) in [5.41, 5.74) is 5.28. The van der Waals surface area contributed by atoms with Gasteiger partial charge in [0.1, 0.15) is 11.5 Å². The summed E-state index contributed by atoms with van der Waals surface area (Å²) in [6.45, 7) is -2.74. The summed E-state index contributed by atoms with van der Waals surface area (Å²) in [4.78, 5) is -0.468. The number of hydrogen-bond donors (Lipinski definition) is 3. The zero-order valence-electron chi connectivity index (χ0n) is 9.33. The first-order valence-electron chi connectivity index (χ1n) is 4.82. The molecule has 0 heterocycles. The first-order valence-corrected chi connectivity index (χ1v) is 7.06. The molecule has 0 amide bonds. The van der Waals surface area contributed by atoms with Crippen LogP contribution in [0.3, 0.4) is 0 Å². The van der Waals surface area contributed by atoms with Crippen LogP contribution in [-0.2, 0) is 10.0 Å². The molecule has 1 aromatic carbocycles. The van der Waals surface area contributed by atoms with Gasteiger partial charge in [-0.3, -0.25) is 0 Å². The van der Waals surface area contributed by atoms with Gasteiger partial charge in [-0.1, -0.05) is 23.2 Å². The number of anilines is 1. The van der Waals surface area contributed by atoms with Gasteiger partial charge >= 0.3 is 0 Å². The van der Waals surface area contributed by atoms with Crippen molar-refractivity contribution in [3.63, 3.8) is 0 Å². The van der Waals surface area contributed by atoms with Gasteiger partial charge in [-0.15, -0.1) is 0 Å². The fraction of sp³-hybridized carbons (Fsp3) is 0.333. The molecule has 0 saturated heterocycles. The minimum absolute atomic E-state index is 0.0460. The third-order valence-electron chi connectivity index (χ3n) is 2.13. The van der Waals surface area contributed by atoms with Crippen LogP contribution < -0.4 is 10.5 Å². The van der Waals surface area contributed by atoms with Gasteiger partial charge in [-0.05, 0) is 12.1 Å². The summed E-state index contributed by atoms with van der Waals surface area (Å²) >= 11 is 11.3. The minimum Gasteiger partial charge on any atom is -0.396 e. The summed E-state index contributed by atoms with van der Waals surface area (Å²) < 4.78 is 50.7. The monoisotopic (exact) mass is 334 g/mol. The van der Waals surface area contributed by atoms with Gasteiger partial charge in [-0.25, -0.2) is 21.9 Å². The molecule has 108 valence electrons. The first-order chi connectivity index (χ1) is 8.60. The summed E-state index contributed by atoms with van der Waals surface area (Å²) in [5.74, 6) is -3.57. The van der Waals surface area contributed by atoms with E-state index in [0.717, 1.165) is 6.07 Å². The number of aliphatic hydroxyl groups excluding tert-OH is 1. The molecule has 0 saturated carbocycles. The van der Waals surface area contributed by atoms with Gasteiger partial charge in [0.25, 0.3) is 5.92 Å². The van der Waals surface area contributed by atoms with Crippen LogP contribution in [0.2, 0.25) is 10.0 Å². The van der Waals surface area contributed by atoms with E-state index in [-0.39, 0.29) is 15.7 Å². The third kappa shape index (κ3) is 3.90. The molecule has 0 fully saturated rings. The Labute approximate surface area is 118 Å². The molecule has 4 N–H and O–H groups in total. The van der Waals surface area contributed by atoms with Crippen LogP contribution >= 0.6 is 23.2 Å². The Bertz CT molecular complexity index is 581. The van der Waals surface area contributed by atoms with Crippen molar-refractivity contribution in [2.45, 2.75) is 10.8 Å². The summed E-state index contributed by atoms with van der Waals surface area (Å²) in [5, 5.41) is 8.04. The van der Waals surface area contributed by atoms with E-state index in [1.807, 2.05) is 0 Å². The van der Waals surface area contributed by atoms with E-state index in [1.54, 1.807) is 4.72 Å². The highest BCUT2D eigenvalue weighted by Crippen LogP contribution is 2.33. The highest BCUT2D eigenvalue weighted by atomic mass is 35.5. The fourth-order valence-corrected chi connectivity index (χ4v) is 2.92. The molecule has 0 bridgehead atoms. The summed E-state index contributed by atoms with van der Waals surface area (Å²) in [7, 11) is -4.29. The molecule has 0 aliphatic heterocycles. The minimum atomic E-state index is -4.29. The molecule has 0 atom stereocenters.